The molecule has 0 atom stereocenters. The lowest BCUT2D eigenvalue weighted by atomic mass is 10.1. The summed E-state index contributed by atoms with van der Waals surface area (Å²) in [5, 5.41) is 2.80. The highest BCUT2D eigenvalue weighted by Crippen LogP contribution is 2.31. The predicted molar refractivity (Wildman–Crippen MR) is 113 cm³/mol. The second-order valence-corrected chi connectivity index (χ2v) is 7.76. The van der Waals surface area contributed by atoms with E-state index < -0.39 is 24.5 Å². The first-order chi connectivity index (χ1) is 16.0. The van der Waals surface area contributed by atoms with Crippen molar-refractivity contribution in [3.63, 3.8) is 0 Å². The molecule has 1 saturated heterocycles. The SMILES string of the molecule is O=C(c1cccnc1Nc1cccc(C(F)(F)F)c1)N1CCN(CCCOCC(F)(F)F)CC1. The number of pyridine rings is 1. The molecule has 2 heterocycles. The van der Waals surface area contributed by atoms with Gasteiger partial charge in [0.25, 0.3) is 5.91 Å². The van der Waals surface area contributed by atoms with Crippen molar-refractivity contribution in [2.45, 2.75) is 18.8 Å². The minimum absolute atomic E-state index is 0.00108. The highest BCUT2D eigenvalue weighted by molar-refractivity contribution is 5.99. The molecule has 0 saturated carbocycles. The Kier molecular flexibility index (Phi) is 8.37. The fourth-order valence-electron chi connectivity index (χ4n) is 3.51. The number of ether oxygens (including phenoxy) is 1. The Balaban J connectivity index is 1.55. The average molecular weight is 490 g/mol. The number of hydrogen-bond acceptors (Lipinski definition) is 5. The number of rotatable bonds is 8. The lowest BCUT2D eigenvalue weighted by Crippen LogP contribution is -2.49. The molecule has 1 aliphatic heterocycles. The number of piperazine rings is 1. The Morgan fingerprint density at radius 1 is 1.03 bits per heavy atom. The van der Waals surface area contributed by atoms with Gasteiger partial charge in [0.15, 0.2) is 0 Å². The monoisotopic (exact) mass is 490 g/mol. The molecule has 186 valence electrons. The Hall–Kier alpha value is -2.86. The second kappa shape index (κ2) is 11.0. The van der Waals surface area contributed by atoms with Crippen LogP contribution in [0.25, 0.3) is 0 Å². The van der Waals surface area contributed by atoms with Crippen LogP contribution in [0.1, 0.15) is 22.3 Å². The molecule has 3 rings (SSSR count). The normalized spacial score (nSPS) is 15.4. The highest BCUT2D eigenvalue weighted by atomic mass is 19.4. The van der Waals surface area contributed by atoms with Crippen molar-refractivity contribution in [3.05, 3.63) is 53.7 Å². The third-order valence-corrected chi connectivity index (χ3v) is 5.18. The van der Waals surface area contributed by atoms with E-state index >= 15 is 0 Å². The summed E-state index contributed by atoms with van der Waals surface area (Å²) in [7, 11) is 0. The molecular formula is C22H24F6N4O2. The molecule has 6 nitrogen and oxygen atoms in total. The van der Waals surface area contributed by atoms with Crippen LogP contribution in [0.3, 0.4) is 0 Å². The van der Waals surface area contributed by atoms with E-state index in [1.165, 1.54) is 18.3 Å². The van der Waals surface area contributed by atoms with Crippen LogP contribution in [0.4, 0.5) is 37.8 Å². The fourth-order valence-corrected chi connectivity index (χ4v) is 3.51. The summed E-state index contributed by atoms with van der Waals surface area (Å²) in [5.74, 6) is -0.160. The number of anilines is 2. The van der Waals surface area contributed by atoms with Crippen molar-refractivity contribution in [2.75, 3.05) is 51.3 Å². The fraction of sp³-hybridized carbons (Fsp3) is 0.455. The summed E-state index contributed by atoms with van der Waals surface area (Å²) in [6, 6.07) is 7.74. The van der Waals surface area contributed by atoms with Gasteiger partial charge in [-0.05, 0) is 36.8 Å². The topological polar surface area (TPSA) is 57.7 Å². The molecule has 0 aliphatic carbocycles. The van der Waals surface area contributed by atoms with Gasteiger partial charge in [0.1, 0.15) is 12.4 Å². The van der Waals surface area contributed by atoms with Crippen molar-refractivity contribution in [3.8, 4) is 0 Å². The van der Waals surface area contributed by atoms with Crippen LogP contribution in [0.5, 0.6) is 0 Å². The van der Waals surface area contributed by atoms with Gasteiger partial charge in [-0.1, -0.05) is 6.07 Å². The van der Waals surface area contributed by atoms with Crippen molar-refractivity contribution in [1.82, 2.24) is 14.8 Å². The summed E-state index contributed by atoms with van der Waals surface area (Å²) < 4.78 is 79.8. The van der Waals surface area contributed by atoms with E-state index in [9.17, 15) is 31.1 Å². The maximum atomic E-state index is 13.1. The number of halogens is 6. The van der Waals surface area contributed by atoms with Gasteiger partial charge in [-0.25, -0.2) is 4.98 Å². The van der Waals surface area contributed by atoms with Crippen LogP contribution in [-0.4, -0.2) is 72.8 Å². The van der Waals surface area contributed by atoms with E-state index in [0.717, 1.165) is 12.1 Å². The van der Waals surface area contributed by atoms with E-state index in [-0.39, 0.29) is 29.6 Å². The molecule has 0 radical (unpaired) electrons. The number of hydrogen-bond donors (Lipinski definition) is 1. The molecule has 1 aromatic carbocycles. The molecule has 0 unspecified atom stereocenters. The third-order valence-electron chi connectivity index (χ3n) is 5.18. The van der Waals surface area contributed by atoms with Gasteiger partial charge in [-0.2, -0.15) is 26.3 Å². The van der Waals surface area contributed by atoms with E-state index in [1.807, 2.05) is 4.90 Å². The Morgan fingerprint density at radius 3 is 2.44 bits per heavy atom. The van der Waals surface area contributed by atoms with Crippen molar-refractivity contribution >= 4 is 17.4 Å². The van der Waals surface area contributed by atoms with Crippen molar-refractivity contribution in [2.24, 2.45) is 0 Å². The van der Waals surface area contributed by atoms with Gasteiger partial charge in [-0.3, -0.25) is 9.69 Å². The van der Waals surface area contributed by atoms with Crippen LogP contribution in [0, 0.1) is 0 Å². The zero-order chi connectivity index (χ0) is 24.8. The van der Waals surface area contributed by atoms with Crippen LogP contribution >= 0.6 is 0 Å². The number of carbonyl (C=O) groups is 1. The molecular weight excluding hydrogens is 466 g/mol. The molecule has 12 heteroatoms. The van der Waals surface area contributed by atoms with E-state index in [2.05, 4.69) is 15.0 Å². The first-order valence-corrected chi connectivity index (χ1v) is 10.6. The van der Waals surface area contributed by atoms with Gasteiger partial charge >= 0.3 is 12.4 Å². The molecule has 2 aromatic rings. The van der Waals surface area contributed by atoms with Gasteiger partial charge < -0.3 is 15.0 Å². The Labute approximate surface area is 192 Å². The second-order valence-electron chi connectivity index (χ2n) is 7.76. The molecule has 0 spiro atoms. The minimum Gasteiger partial charge on any atom is -0.372 e. The summed E-state index contributed by atoms with van der Waals surface area (Å²) in [6.07, 6.45) is -6.96. The summed E-state index contributed by atoms with van der Waals surface area (Å²) >= 11 is 0. The number of nitrogens with one attached hydrogen (secondary N) is 1. The average Bonchev–Trinajstić information content (AvgIpc) is 2.78. The van der Waals surface area contributed by atoms with Gasteiger partial charge in [0.05, 0.1) is 11.1 Å². The first-order valence-electron chi connectivity index (χ1n) is 10.6. The van der Waals surface area contributed by atoms with E-state index in [0.29, 0.717) is 39.1 Å². The van der Waals surface area contributed by atoms with Crippen LogP contribution < -0.4 is 5.32 Å². The maximum absolute atomic E-state index is 13.1. The Bertz CT molecular complexity index is 959. The predicted octanol–water partition coefficient (Wildman–Crippen LogP) is 4.57. The number of benzene rings is 1. The molecule has 1 N–H and O–H groups in total. The standard InChI is InChI=1S/C22H24F6N4O2/c23-21(24,25)15-34-13-3-8-31-9-11-32(12-10-31)20(33)18-6-2-7-29-19(18)30-17-5-1-4-16(14-17)22(26,27)28/h1-2,4-7,14H,3,8-13,15H2,(H,29,30). The third kappa shape index (κ3) is 7.59. The number of amides is 1. The van der Waals surface area contributed by atoms with Gasteiger partial charge in [-0.15, -0.1) is 0 Å². The van der Waals surface area contributed by atoms with Crippen LogP contribution in [0.2, 0.25) is 0 Å². The molecule has 0 bridgehead atoms. The van der Waals surface area contributed by atoms with Crippen molar-refractivity contribution in [1.29, 1.82) is 0 Å². The quantitative estimate of drug-likeness (QED) is 0.434. The largest absolute Gasteiger partial charge is 0.416 e. The summed E-state index contributed by atoms with van der Waals surface area (Å²) in [6.45, 7) is 1.18. The van der Waals surface area contributed by atoms with Gasteiger partial charge in [0.2, 0.25) is 0 Å². The number of aromatic nitrogens is 1. The maximum Gasteiger partial charge on any atom is 0.416 e. The van der Waals surface area contributed by atoms with Gasteiger partial charge in [0, 0.05) is 51.2 Å². The molecule has 1 aromatic heterocycles. The van der Waals surface area contributed by atoms with Crippen LogP contribution in [0.15, 0.2) is 42.6 Å². The molecule has 34 heavy (non-hydrogen) atoms. The van der Waals surface area contributed by atoms with E-state index in [4.69, 9.17) is 0 Å². The smallest absolute Gasteiger partial charge is 0.372 e. The lowest BCUT2D eigenvalue weighted by Gasteiger charge is -2.35. The lowest BCUT2D eigenvalue weighted by molar-refractivity contribution is -0.174. The number of nitrogens with zero attached hydrogens (tertiary/aromatic N) is 3. The summed E-state index contributed by atoms with van der Waals surface area (Å²) in [4.78, 5) is 20.8. The minimum atomic E-state index is -4.50. The number of carbonyl (C=O) groups excluding carboxylic acids is 1. The number of alkyl halides is 6. The first kappa shape index (κ1) is 25.8. The molecule has 1 amide bonds. The zero-order valence-corrected chi connectivity index (χ0v) is 18.1. The van der Waals surface area contributed by atoms with Crippen LogP contribution in [-0.2, 0) is 10.9 Å². The molecule has 1 aliphatic rings. The highest BCUT2D eigenvalue weighted by Gasteiger charge is 2.31. The summed E-state index contributed by atoms with van der Waals surface area (Å²) in [5.41, 5.74) is -0.435. The Morgan fingerprint density at radius 2 is 1.76 bits per heavy atom. The van der Waals surface area contributed by atoms with E-state index in [1.54, 1.807) is 17.0 Å². The molecule has 1 fully saturated rings. The zero-order valence-electron chi connectivity index (χ0n) is 18.1. The van der Waals surface area contributed by atoms with Crippen molar-refractivity contribution < 1.29 is 35.9 Å².